The van der Waals surface area contributed by atoms with Crippen LogP contribution in [-0.4, -0.2) is 26.5 Å². The van der Waals surface area contributed by atoms with E-state index in [1.165, 1.54) is 0 Å². The van der Waals surface area contributed by atoms with Crippen molar-refractivity contribution < 1.29 is 4.79 Å². The van der Waals surface area contributed by atoms with E-state index in [2.05, 4.69) is 34.3 Å². The first-order chi connectivity index (χ1) is 13.4. The normalized spacial score (nSPS) is 18.0. The second-order valence-corrected chi connectivity index (χ2v) is 7.56. The number of carbonyl (C=O) groups is 1. The van der Waals surface area contributed by atoms with Crippen LogP contribution in [0.2, 0.25) is 0 Å². The Morgan fingerprint density at radius 2 is 1.97 bits per heavy atom. The molecular formula is C22H26ClN5O. The molecule has 1 amide bonds. The van der Waals surface area contributed by atoms with Gasteiger partial charge in [0.05, 0.1) is 18.1 Å². The molecule has 4 rings (SSSR count). The number of nitrogens with zero attached hydrogens (tertiary/aromatic N) is 4. The van der Waals surface area contributed by atoms with Gasteiger partial charge in [0.25, 0.3) is 0 Å². The number of hydrogen-bond donors (Lipinski definition) is 1. The van der Waals surface area contributed by atoms with E-state index in [0.29, 0.717) is 0 Å². The molecule has 152 valence electrons. The zero-order valence-electron chi connectivity index (χ0n) is 17.1. The number of rotatable bonds is 3. The van der Waals surface area contributed by atoms with E-state index in [-0.39, 0.29) is 30.4 Å². The van der Waals surface area contributed by atoms with Crippen LogP contribution in [0, 0.1) is 13.8 Å². The van der Waals surface area contributed by atoms with Crippen LogP contribution in [0.3, 0.4) is 0 Å². The SMILES string of the molecule is CC(=O)N1c2ccc(-n3cnc(C)c3)cc2[C@H](Nc2ccc(C)cn2)C[C@@H]1C.Cl. The average molecular weight is 412 g/mol. The van der Waals surface area contributed by atoms with Crippen LogP contribution in [0.4, 0.5) is 11.5 Å². The second kappa shape index (κ2) is 8.25. The Morgan fingerprint density at radius 3 is 2.59 bits per heavy atom. The molecule has 1 aliphatic rings. The molecule has 0 unspecified atom stereocenters. The van der Waals surface area contributed by atoms with Crippen molar-refractivity contribution in [3.63, 3.8) is 0 Å². The van der Waals surface area contributed by atoms with Crippen molar-refractivity contribution in [3.05, 3.63) is 65.9 Å². The Labute approximate surface area is 177 Å². The van der Waals surface area contributed by atoms with Gasteiger partial charge < -0.3 is 14.8 Å². The minimum absolute atomic E-state index is 0. The van der Waals surface area contributed by atoms with Gasteiger partial charge in [-0.2, -0.15) is 0 Å². The number of anilines is 2. The van der Waals surface area contributed by atoms with Gasteiger partial charge in [-0.3, -0.25) is 4.79 Å². The maximum absolute atomic E-state index is 12.3. The summed E-state index contributed by atoms with van der Waals surface area (Å²) in [6.07, 6.45) is 6.49. The van der Waals surface area contributed by atoms with Gasteiger partial charge in [0.2, 0.25) is 5.91 Å². The van der Waals surface area contributed by atoms with E-state index in [1.54, 1.807) is 6.92 Å². The first kappa shape index (κ1) is 20.9. The number of hydrogen-bond acceptors (Lipinski definition) is 4. The molecule has 1 aromatic carbocycles. The van der Waals surface area contributed by atoms with E-state index in [4.69, 9.17) is 0 Å². The van der Waals surface area contributed by atoms with Crippen LogP contribution in [0.5, 0.6) is 0 Å². The lowest BCUT2D eigenvalue weighted by atomic mass is 9.91. The molecule has 0 fully saturated rings. The molecule has 2 atom stereocenters. The van der Waals surface area contributed by atoms with Crippen molar-refractivity contribution in [2.75, 3.05) is 10.2 Å². The summed E-state index contributed by atoms with van der Waals surface area (Å²) >= 11 is 0. The highest BCUT2D eigenvalue weighted by atomic mass is 35.5. The van der Waals surface area contributed by atoms with E-state index >= 15 is 0 Å². The van der Waals surface area contributed by atoms with Crippen molar-refractivity contribution in [2.24, 2.45) is 0 Å². The minimum atomic E-state index is 0. The van der Waals surface area contributed by atoms with Gasteiger partial charge in [0.1, 0.15) is 5.82 Å². The second-order valence-electron chi connectivity index (χ2n) is 7.56. The van der Waals surface area contributed by atoms with Crippen LogP contribution in [0.1, 0.15) is 43.1 Å². The first-order valence-corrected chi connectivity index (χ1v) is 9.56. The highest BCUT2D eigenvalue weighted by Crippen LogP contribution is 2.40. The number of halogens is 1. The van der Waals surface area contributed by atoms with Gasteiger partial charge >= 0.3 is 0 Å². The smallest absolute Gasteiger partial charge is 0.224 e. The molecule has 0 saturated heterocycles. The molecule has 1 aliphatic heterocycles. The number of pyridine rings is 1. The van der Waals surface area contributed by atoms with Gasteiger partial charge in [0.15, 0.2) is 0 Å². The monoisotopic (exact) mass is 411 g/mol. The van der Waals surface area contributed by atoms with Crippen LogP contribution >= 0.6 is 12.4 Å². The molecule has 0 spiro atoms. The predicted octanol–water partition coefficient (Wildman–Crippen LogP) is 4.60. The Bertz CT molecular complexity index is 1010. The van der Waals surface area contributed by atoms with Crippen molar-refractivity contribution in [2.45, 2.75) is 46.2 Å². The summed E-state index contributed by atoms with van der Waals surface area (Å²) in [5.41, 5.74) is 5.18. The number of aromatic nitrogens is 3. The highest BCUT2D eigenvalue weighted by Gasteiger charge is 2.32. The molecule has 29 heavy (non-hydrogen) atoms. The summed E-state index contributed by atoms with van der Waals surface area (Å²) in [4.78, 5) is 23.0. The predicted molar refractivity (Wildman–Crippen MR) is 118 cm³/mol. The third kappa shape index (κ3) is 4.12. The Kier molecular flexibility index (Phi) is 5.94. The Hall–Kier alpha value is -2.86. The molecule has 0 bridgehead atoms. The molecule has 3 heterocycles. The van der Waals surface area contributed by atoms with Crippen molar-refractivity contribution >= 4 is 29.8 Å². The molecule has 0 aliphatic carbocycles. The lowest BCUT2D eigenvalue weighted by molar-refractivity contribution is -0.117. The number of aryl methyl sites for hydroxylation is 2. The summed E-state index contributed by atoms with van der Waals surface area (Å²) in [5.74, 6) is 0.904. The minimum Gasteiger partial charge on any atom is -0.363 e. The fourth-order valence-electron chi connectivity index (χ4n) is 3.92. The molecule has 7 heteroatoms. The quantitative estimate of drug-likeness (QED) is 0.683. The summed E-state index contributed by atoms with van der Waals surface area (Å²) in [6.45, 7) is 7.72. The van der Waals surface area contributed by atoms with E-state index in [1.807, 2.05) is 60.2 Å². The van der Waals surface area contributed by atoms with Gasteiger partial charge in [-0.05, 0) is 57.0 Å². The third-order valence-corrected chi connectivity index (χ3v) is 5.25. The van der Waals surface area contributed by atoms with Crippen LogP contribution in [0.25, 0.3) is 5.69 Å². The van der Waals surface area contributed by atoms with Gasteiger partial charge in [-0.1, -0.05) is 6.07 Å². The number of imidazole rings is 1. The number of carbonyl (C=O) groups excluding carboxylic acids is 1. The molecule has 3 aromatic rings. The van der Waals surface area contributed by atoms with Crippen LogP contribution in [-0.2, 0) is 4.79 Å². The van der Waals surface area contributed by atoms with Gasteiger partial charge in [-0.15, -0.1) is 12.4 Å². The van der Waals surface area contributed by atoms with Crippen molar-refractivity contribution in [1.29, 1.82) is 0 Å². The summed E-state index contributed by atoms with van der Waals surface area (Å²) < 4.78 is 2.01. The van der Waals surface area contributed by atoms with Crippen LogP contribution in [0.15, 0.2) is 49.1 Å². The average Bonchev–Trinajstić information content (AvgIpc) is 3.09. The first-order valence-electron chi connectivity index (χ1n) is 9.56. The lowest BCUT2D eigenvalue weighted by Gasteiger charge is -2.39. The standard InChI is InChI=1S/C22H25N5O.ClH/c1-14-5-8-22(23-11-14)25-20-9-16(3)27(17(4)28)21-7-6-18(10-19(20)21)26-12-15(2)24-13-26;/h5-8,10-13,16,20H,9H2,1-4H3,(H,23,25);1H/t16-,20+;/m0./s1. The Morgan fingerprint density at radius 1 is 1.17 bits per heavy atom. The molecule has 0 saturated carbocycles. The molecule has 1 N–H and O–H groups in total. The van der Waals surface area contributed by atoms with E-state index in [0.717, 1.165) is 40.4 Å². The Balaban J connectivity index is 0.00000240. The van der Waals surface area contributed by atoms with Crippen LogP contribution < -0.4 is 10.2 Å². The molecule has 0 radical (unpaired) electrons. The zero-order valence-corrected chi connectivity index (χ0v) is 17.9. The number of nitrogens with one attached hydrogen (secondary N) is 1. The number of amides is 1. The molecular weight excluding hydrogens is 386 g/mol. The summed E-state index contributed by atoms with van der Waals surface area (Å²) in [7, 11) is 0. The van der Waals surface area contributed by atoms with Gasteiger partial charge in [-0.25, -0.2) is 9.97 Å². The largest absolute Gasteiger partial charge is 0.363 e. The summed E-state index contributed by atoms with van der Waals surface area (Å²) in [5, 5.41) is 3.56. The highest BCUT2D eigenvalue weighted by molar-refractivity contribution is 5.94. The van der Waals surface area contributed by atoms with Crippen molar-refractivity contribution in [3.8, 4) is 5.69 Å². The molecule has 2 aromatic heterocycles. The van der Waals surface area contributed by atoms with Gasteiger partial charge in [0, 0.05) is 42.3 Å². The number of fused-ring (bicyclic) bond motifs is 1. The molecule has 6 nitrogen and oxygen atoms in total. The maximum atomic E-state index is 12.3. The fraction of sp³-hybridized carbons (Fsp3) is 0.318. The third-order valence-electron chi connectivity index (χ3n) is 5.25. The van der Waals surface area contributed by atoms with Crippen molar-refractivity contribution in [1.82, 2.24) is 14.5 Å². The fourth-order valence-corrected chi connectivity index (χ4v) is 3.92. The number of benzene rings is 1. The topological polar surface area (TPSA) is 63.1 Å². The maximum Gasteiger partial charge on any atom is 0.224 e. The lowest BCUT2D eigenvalue weighted by Crippen LogP contribution is -2.43. The summed E-state index contributed by atoms with van der Waals surface area (Å²) in [6, 6.07) is 10.4. The van der Waals surface area contributed by atoms with E-state index in [9.17, 15) is 4.79 Å². The zero-order chi connectivity index (χ0) is 19.8. The van der Waals surface area contributed by atoms with E-state index < -0.39 is 0 Å².